The number of sulfonamides is 1. The summed E-state index contributed by atoms with van der Waals surface area (Å²) in [4.78, 5) is 12.9. The molecule has 1 aliphatic heterocycles. The van der Waals surface area contributed by atoms with E-state index in [0.717, 1.165) is 49.9 Å². The normalized spacial score (nSPS) is 43.0. The molecule has 0 aromatic carbocycles. The number of carbonyl (C=O) groups excluding carboxylic acids is 1. The quantitative estimate of drug-likeness (QED) is 0.848. The zero-order chi connectivity index (χ0) is 16.2. The van der Waals surface area contributed by atoms with Gasteiger partial charge in [0.2, 0.25) is 15.9 Å². The fourth-order valence-corrected chi connectivity index (χ4v) is 7.42. The molecular weight excluding hydrogens is 312 g/mol. The van der Waals surface area contributed by atoms with E-state index < -0.39 is 10.0 Å². The van der Waals surface area contributed by atoms with Gasteiger partial charge in [-0.2, -0.15) is 4.31 Å². The lowest BCUT2D eigenvalue weighted by molar-refractivity contribution is -0.146. The van der Waals surface area contributed by atoms with Crippen LogP contribution in [-0.4, -0.2) is 44.0 Å². The van der Waals surface area contributed by atoms with E-state index in [0.29, 0.717) is 13.1 Å². The summed E-state index contributed by atoms with van der Waals surface area (Å²) in [5.74, 6) is 2.47. The Bertz CT molecular complexity index is 566. The minimum atomic E-state index is -3.16. The van der Waals surface area contributed by atoms with Crippen molar-refractivity contribution in [3.05, 3.63) is 0 Å². The van der Waals surface area contributed by atoms with Crippen LogP contribution in [0, 0.1) is 23.2 Å². The summed E-state index contributed by atoms with van der Waals surface area (Å²) in [6.45, 7) is 1.07. The Balaban J connectivity index is 1.41. The molecule has 6 heteroatoms. The van der Waals surface area contributed by atoms with Gasteiger partial charge in [-0.25, -0.2) is 8.42 Å². The molecule has 0 aromatic rings. The molecule has 4 saturated carbocycles. The molecule has 0 radical (unpaired) electrons. The van der Waals surface area contributed by atoms with E-state index in [2.05, 4.69) is 5.32 Å². The van der Waals surface area contributed by atoms with E-state index >= 15 is 0 Å². The third-order valence-corrected chi connectivity index (χ3v) is 8.10. The molecule has 1 saturated heterocycles. The molecule has 1 amide bonds. The Kier molecular flexibility index (Phi) is 3.76. The molecule has 130 valence electrons. The molecule has 4 bridgehead atoms. The minimum Gasteiger partial charge on any atom is -0.354 e. The van der Waals surface area contributed by atoms with Crippen LogP contribution >= 0.6 is 0 Å². The van der Waals surface area contributed by atoms with Crippen LogP contribution in [0.15, 0.2) is 0 Å². The number of amides is 1. The van der Waals surface area contributed by atoms with Crippen LogP contribution in [-0.2, 0) is 14.8 Å². The lowest BCUT2D eigenvalue weighted by atomic mass is 9.49. The second-order valence-electron chi connectivity index (χ2n) is 8.58. The molecule has 1 heterocycles. The van der Waals surface area contributed by atoms with Gasteiger partial charge >= 0.3 is 0 Å². The average Bonchev–Trinajstić information content (AvgIpc) is 2.91. The van der Waals surface area contributed by atoms with Crippen molar-refractivity contribution in [3.8, 4) is 0 Å². The second-order valence-corrected chi connectivity index (χ2v) is 10.5. The van der Waals surface area contributed by atoms with Gasteiger partial charge in [-0.1, -0.05) is 0 Å². The molecule has 0 aromatic heterocycles. The number of nitrogens with zero attached hydrogens (tertiary/aromatic N) is 1. The van der Waals surface area contributed by atoms with Crippen LogP contribution in [0.25, 0.3) is 0 Å². The van der Waals surface area contributed by atoms with Crippen LogP contribution in [0.2, 0.25) is 0 Å². The van der Waals surface area contributed by atoms with Crippen molar-refractivity contribution >= 4 is 15.9 Å². The van der Waals surface area contributed by atoms with Crippen molar-refractivity contribution in [1.29, 1.82) is 0 Å². The van der Waals surface area contributed by atoms with E-state index in [-0.39, 0.29) is 17.4 Å². The number of carbonyl (C=O) groups is 1. The van der Waals surface area contributed by atoms with E-state index in [4.69, 9.17) is 0 Å². The smallest absolute Gasteiger partial charge is 0.226 e. The molecule has 5 aliphatic rings. The molecule has 0 spiro atoms. The molecular formula is C17H28N2O3S. The van der Waals surface area contributed by atoms with E-state index in [1.54, 1.807) is 4.31 Å². The highest BCUT2D eigenvalue weighted by molar-refractivity contribution is 7.88. The fraction of sp³-hybridized carbons (Fsp3) is 0.941. The Hall–Kier alpha value is -0.620. The molecule has 5 rings (SSSR count). The highest BCUT2D eigenvalue weighted by Crippen LogP contribution is 2.60. The zero-order valence-corrected chi connectivity index (χ0v) is 14.8. The fourth-order valence-electron chi connectivity index (χ4n) is 6.24. The van der Waals surface area contributed by atoms with Crippen molar-refractivity contribution in [3.63, 3.8) is 0 Å². The van der Waals surface area contributed by atoms with Gasteiger partial charge in [0.05, 0.1) is 6.26 Å². The first-order valence-electron chi connectivity index (χ1n) is 9.11. The van der Waals surface area contributed by atoms with Crippen LogP contribution in [0.5, 0.6) is 0 Å². The highest BCUT2D eigenvalue weighted by Gasteiger charge is 2.54. The summed E-state index contributed by atoms with van der Waals surface area (Å²) < 4.78 is 25.2. The van der Waals surface area contributed by atoms with Crippen LogP contribution in [0.3, 0.4) is 0 Å². The Morgan fingerprint density at radius 1 is 1.13 bits per heavy atom. The summed E-state index contributed by atoms with van der Waals surface area (Å²) >= 11 is 0. The van der Waals surface area contributed by atoms with Gasteiger partial charge in [0.25, 0.3) is 0 Å². The first kappa shape index (κ1) is 15.9. The van der Waals surface area contributed by atoms with Crippen LogP contribution < -0.4 is 5.32 Å². The summed E-state index contributed by atoms with van der Waals surface area (Å²) in [5.41, 5.74) is -0.136. The first-order chi connectivity index (χ1) is 10.9. The summed E-state index contributed by atoms with van der Waals surface area (Å²) in [6, 6.07) is -0.0529. The average molecular weight is 340 g/mol. The summed E-state index contributed by atoms with van der Waals surface area (Å²) in [6.07, 6.45) is 10.2. The second kappa shape index (κ2) is 5.45. The minimum absolute atomic E-state index is 0.0529. The molecule has 1 atom stereocenters. The third kappa shape index (κ3) is 2.82. The molecule has 5 nitrogen and oxygen atoms in total. The Morgan fingerprint density at radius 2 is 1.70 bits per heavy atom. The molecule has 4 aliphatic carbocycles. The standard InChI is InChI=1S/C17H28N2O3S/c1-23(21,22)19-4-2-3-15(19)11-18-16(20)17-8-12-5-13(9-17)7-14(6-12)10-17/h12-15H,2-11H2,1H3,(H,18,20). The lowest BCUT2D eigenvalue weighted by Crippen LogP contribution is -2.55. The maximum absolute atomic E-state index is 12.9. The van der Waals surface area contributed by atoms with Gasteiger partial charge < -0.3 is 5.32 Å². The van der Waals surface area contributed by atoms with Gasteiger partial charge in [0.1, 0.15) is 0 Å². The third-order valence-electron chi connectivity index (χ3n) is 6.77. The SMILES string of the molecule is CS(=O)(=O)N1CCCC1CNC(=O)C12CC3CC(CC(C3)C1)C2. The molecule has 1 unspecified atom stereocenters. The lowest BCUT2D eigenvalue weighted by Gasteiger charge is -2.55. The topological polar surface area (TPSA) is 66.5 Å². The maximum atomic E-state index is 12.9. The van der Waals surface area contributed by atoms with Gasteiger partial charge in [-0.3, -0.25) is 4.79 Å². The first-order valence-corrected chi connectivity index (χ1v) is 11.0. The number of hydrogen-bond acceptors (Lipinski definition) is 3. The number of nitrogens with one attached hydrogen (secondary N) is 1. The number of rotatable bonds is 4. The predicted octanol–water partition coefficient (Wildman–Crippen LogP) is 1.74. The van der Waals surface area contributed by atoms with E-state index in [1.807, 2.05) is 0 Å². The van der Waals surface area contributed by atoms with Crippen molar-refractivity contribution in [1.82, 2.24) is 9.62 Å². The number of hydrogen-bond donors (Lipinski definition) is 1. The van der Waals surface area contributed by atoms with Gasteiger partial charge in [0, 0.05) is 24.5 Å². The summed E-state index contributed by atoms with van der Waals surface area (Å²) in [5, 5.41) is 3.14. The van der Waals surface area contributed by atoms with Crippen molar-refractivity contribution in [2.24, 2.45) is 23.2 Å². The Labute approximate surface area is 139 Å². The van der Waals surface area contributed by atoms with E-state index in [1.165, 1.54) is 25.5 Å². The molecule has 23 heavy (non-hydrogen) atoms. The highest BCUT2D eigenvalue weighted by atomic mass is 32.2. The van der Waals surface area contributed by atoms with Gasteiger partial charge in [-0.05, 0) is 69.1 Å². The maximum Gasteiger partial charge on any atom is 0.226 e. The van der Waals surface area contributed by atoms with Gasteiger partial charge in [0.15, 0.2) is 0 Å². The van der Waals surface area contributed by atoms with Crippen molar-refractivity contribution in [2.75, 3.05) is 19.3 Å². The predicted molar refractivity (Wildman–Crippen MR) is 88.2 cm³/mol. The van der Waals surface area contributed by atoms with Crippen LogP contribution in [0.4, 0.5) is 0 Å². The van der Waals surface area contributed by atoms with E-state index in [9.17, 15) is 13.2 Å². The summed E-state index contributed by atoms with van der Waals surface area (Å²) in [7, 11) is -3.16. The van der Waals surface area contributed by atoms with Crippen molar-refractivity contribution in [2.45, 2.75) is 57.4 Å². The van der Waals surface area contributed by atoms with Crippen molar-refractivity contribution < 1.29 is 13.2 Å². The molecule has 5 fully saturated rings. The molecule has 1 N–H and O–H groups in total. The van der Waals surface area contributed by atoms with Crippen LogP contribution in [0.1, 0.15) is 51.4 Å². The largest absolute Gasteiger partial charge is 0.354 e. The monoisotopic (exact) mass is 340 g/mol. The Morgan fingerprint density at radius 3 is 2.22 bits per heavy atom. The van der Waals surface area contributed by atoms with Gasteiger partial charge in [-0.15, -0.1) is 0 Å². The zero-order valence-electron chi connectivity index (χ0n) is 14.0.